The Balaban J connectivity index is 1.85. The molecule has 2 heteroatoms. The molecule has 1 nitrogen and oxygen atoms in total. The van der Waals surface area contributed by atoms with Crippen LogP contribution in [0.1, 0.15) is 55.8 Å². The molecule has 2 rings (SSSR count). The lowest BCUT2D eigenvalue weighted by molar-refractivity contribution is 0.152. The smallest absolute Gasteiger partial charge is 0.0386 e. The summed E-state index contributed by atoms with van der Waals surface area (Å²) in [5, 5.41) is 3.69. The summed E-state index contributed by atoms with van der Waals surface area (Å²) >= 11 is 1.95. The van der Waals surface area contributed by atoms with Crippen LogP contribution in [0.25, 0.3) is 0 Å². The molecule has 0 amide bonds. The van der Waals surface area contributed by atoms with Crippen LogP contribution in [0.5, 0.6) is 0 Å². The van der Waals surface area contributed by atoms with Crippen LogP contribution < -0.4 is 5.32 Å². The van der Waals surface area contributed by atoms with E-state index in [4.69, 9.17) is 0 Å². The lowest BCUT2D eigenvalue weighted by Crippen LogP contribution is -2.38. The van der Waals surface area contributed by atoms with E-state index in [9.17, 15) is 0 Å². The Hall–Kier alpha value is -0.340. The monoisotopic (exact) mass is 237 g/mol. The summed E-state index contributed by atoms with van der Waals surface area (Å²) in [6.07, 6.45) is 5.38. The number of rotatable bonds is 5. The molecule has 0 radical (unpaired) electrons. The van der Waals surface area contributed by atoms with Gasteiger partial charge >= 0.3 is 0 Å². The molecule has 0 aromatic carbocycles. The molecular weight excluding hydrogens is 214 g/mol. The highest BCUT2D eigenvalue weighted by atomic mass is 32.1. The summed E-state index contributed by atoms with van der Waals surface area (Å²) in [6.45, 7) is 8.09. The van der Waals surface area contributed by atoms with Gasteiger partial charge in [-0.3, -0.25) is 0 Å². The molecular formula is C14H23NS. The Morgan fingerprint density at radius 3 is 2.69 bits per heavy atom. The van der Waals surface area contributed by atoms with Gasteiger partial charge in [0.2, 0.25) is 0 Å². The first-order valence-corrected chi connectivity index (χ1v) is 7.27. The van der Waals surface area contributed by atoms with Crippen molar-refractivity contribution in [2.24, 2.45) is 5.41 Å². The minimum atomic E-state index is 0.516. The lowest BCUT2D eigenvalue weighted by atomic mass is 9.70. The SMILES string of the molecule is CCc1ccc(C(C)NCC2(C)CCC2)s1. The van der Waals surface area contributed by atoms with Gasteiger partial charge in [-0.1, -0.05) is 20.3 Å². The van der Waals surface area contributed by atoms with E-state index < -0.39 is 0 Å². The van der Waals surface area contributed by atoms with Crippen molar-refractivity contribution in [1.29, 1.82) is 0 Å². The average Bonchev–Trinajstić information content (AvgIpc) is 2.71. The number of aryl methyl sites for hydroxylation is 1. The van der Waals surface area contributed by atoms with E-state index in [-0.39, 0.29) is 0 Å². The van der Waals surface area contributed by atoms with Gasteiger partial charge in [-0.15, -0.1) is 11.3 Å². The number of thiophene rings is 1. The Labute approximate surface area is 103 Å². The first-order chi connectivity index (χ1) is 7.63. The Morgan fingerprint density at radius 1 is 1.44 bits per heavy atom. The van der Waals surface area contributed by atoms with Gasteiger partial charge < -0.3 is 5.32 Å². The maximum atomic E-state index is 3.69. The highest BCUT2D eigenvalue weighted by Crippen LogP contribution is 2.40. The quantitative estimate of drug-likeness (QED) is 0.811. The molecule has 0 aliphatic heterocycles. The first kappa shape index (κ1) is 12.1. The third-order valence-electron chi connectivity index (χ3n) is 3.85. The summed E-state index contributed by atoms with van der Waals surface area (Å²) in [4.78, 5) is 2.98. The highest BCUT2D eigenvalue weighted by Gasteiger charge is 2.31. The standard InChI is InChI=1S/C14H23NS/c1-4-12-6-7-13(16-12)11(2)15-10-14(3)8-5-9-14/h6-7,11,15H,4-5,8-10H2,1-3H3. The molecule has 1 aromatic heterocycles. The van der Waals surface area contributed by atoms with Crippen molar-refractivity contribution in [3.8, 4) is 0 Å². The van der Waals surface area contributed by atoms with Crippen molar-refractivity contribution in [3.05, 3.63) is 21.9 Å². The summed E-state index contributed by atoms with van der Waals surface area (Å²) < 4.78 is 0. The van der Waals surface area contributed by atoms with Crippen LogP contribution in [0, 0.1) is 5.41 Å². The fraction of sp³-hybridized carbons (Fsp3) is 0.714. The second-order valence-corrected chi connectivity index (χ2v) is 6.62. The van der Waals surface area contributed by atoms with Crippen LogP contribution in [0.2, 0.25) is 0 Å². The third kappa shape index (κ3) is 2.67. The number of hydrogen-bond donors (Lipinski definition) is 1. The normalized spacial score (nSPS) is 20.4. The second kappa shape index (κ2) is 4.89. The minimum absolute atomic E-state index is 0.516. The van der Waals surface area contributed by atoms with Gasteiger partial charge in [0.15, 0.2) is 0 Å². The summed E-state index contributed by atoms with van der Waals surface area (Å²) in [5.41, 5.74) is 0.582. The molecule has 1 N–H and O–H groups in total. The van der Waals surface area contributed by atoms with Crippen LogP contribution in [0.15, 0.2) is 12.1 Å². The van der Waals surface area contributed by atoms with Gasteiger partial charge in [-0.2, -0.15) is 0 Å². The van der Waals surface area contributed by atoms with Gasteiger partial charge in [0.1, 0.15) is 0 Å². The summed E-state index contributed by atoms with van der Waals surface area (Å²) in [6, 6.07) is 5.07. The fourth-order valence-corrected chi connectivity index (χ4v) is 3.25. The Kier molecular flexibility index (Phi) is 3.70. The molecule has 1 atom stereocenters. The molecule has 1 aromatic rings. The van der Waals surface area contributed by atoms with Gasteiger partial charge in [0.05, 0.1) is 0 Å². The number of hydrogen-bond acceptors (Lipinski definition) is 2. The first-order valence-electron chi connectivity index (χ1n) is 6.45. The maximum absolute atomic E-state index is 3.69. The average molecular weight is 237 g/mol. The molecule has 90 valence electrons. The van der Waals surface area contributed by atoms with Crippen molar-refractivity contribution in [3.63, 3.8) is 0 Å². The zero-order valence-electron chi connectivity index (χ0n) is 10.7. The van der Waals surface area contributed by atoms with Crippen molar-refractivity contribution in [2.75, 3.05) is 6.54 Å². The molecule has 1 aliphatic carbocycles. The third-order valence-corrected chi connectivity index (χ3v) is 5.27. The van der Waals surface area contributed by atoms with E-state index in [0.29, 0.717) is 11.5 Å². The molecule has 1 aliphatic rings. The van der Waals surface area contributed by atoms with E-state index in [0.717, 1.165) is 6.42 Å². The van der Waals surface area contributed by atoms with Gasteiger partial charge in [0.25, 0.3) is 0 Å². The summed E-state index contributed by atoms with van der Waals surface area (Å²) in [7, 11) is 0. The Morgan fingerprint density at radius 2 is 2.19 bits per heavy atom. The van der Waals surface area contributed by atoms with Gasteiger partial charge in [-0.05, 0) is 43.7 Å². The maximum Gasteiger partial charge on any atom is 0.0386 e. The van der Waals surface area contributed by atoms with Crippen LogP contribution >= 0.6 is 11.3 Å². The molecule has 1 heterocycles. The zero-order chi connectivity index (χ0) is 11.6. The lowest BCUT2D eigenvalue weighted by Gasteiger charge is -2.39. The van der Waals surface area contributed by atoms with Crippen LogP contribution in [0.3, 0.4) is 0 Å². The second-order valence-electron chi connectivity index (χ2n) is 5.42. The van der Waals surface area contributed by atoms with Gasteiger partial charge in [-0.25, -0.2) is 0 Å². The van der Waals surface area contributed by atoms with E-state index in [1.807, 2.05) is 11.3 Å². The van der Waals surface area contributed by atoms with Crippen molar-refractivity contribution < 1.29 is 0 Å². The van der Waals surface area contributed by atoms with Crippen molar-refractivity contribution >= 4 is 11.3 Å². The largest absolute Gasteiger partial charge is 0.309 e. The molecule has 0 spiro atoms. The number of nitrogens with one attached hydrogen (secondary N) is 1. The Bertz CT molecular complexity index is 338. The molecule has 16 heavy (non-hydrogen) atoms. The molecule has 1 unspecified atom stereocenters. The van der Waals surface area contributed by atoms with Crippen molar-refractivity contribution in [2.45, 2.75) is 52.5 Å². The van der Waals surface area contributed by atoms with E-state index in [1.54, 1.807) is 0 Å². The molecule has 0 saturated heterocycles. The van der Waals surface area contributed by atoms with E-state index in [2.05, 4.69) is 38.2 Å². The summed E-state index contributed by atoms with van der Waals surface area (Å²) in [5.74, 6) is 0. The predicted molar refractivity (Wildman–Crippen MR) is 72.1 cm³/mol. The van der Waals surface area contributed by atoms with E-state index in [1.165, 1.54) is 35.6 Å². The van der Waals surface area contributed by atoms with Gasteiger partial charge in [0, 0.05) is 22.3 Å². The topological polar surface area (TPSA) is 12.0 Å². The van der Waals surface area contributed by atoms with Crippen LogP contribution in [-0.4, -0.2) is 6.54 Å². The zero-order valence-corrected chi connectivity index (χ0v) is 11.5. The van der Waals surface area contributed by atoms with E-state index >= 15 is 0 Å². The fourth-order valence-electron chi connectivity index (χ4n) is 2.27. The highest BCUT2D eigenvalue weighted by molar-refractivity contribution is 7.12. The molecule has 1 saturated carbocycles. The molecule has 0 bridgehead atoms. The molecule has 1 fully saturated rings. The van der Waals surface area contributed by atoms with Crippen molar-refractivity contribution in [1.82, 2.24) is 5.32 Å². The predicted octanol–water partition coefficient (Wildman–Crippen LogP) is 4.15. The van der Waals surface area contributed by atoms with Crippen LogP contribution in [-0.2, 0) is 6.42 Å². The van der Waals surface area contributed by atoms with Crippen LogP contribution in [0.4, 0.5) is 0 Å². The minimum Gasteiger partial charge on any atom is -0.309 e.